The van der Waals surface area contributed by atoms with E-state index < -0.39 is 11.7 Å². The van der Waals surface area contributed by atoms with Gasteiger partial charge in [-0.3, -0.25) is 0 Å². The lowest BCUT2D eigenvalue weighted by molar-refractivity contribution is -0.137. The van der Waals surface area contributed by atoms with Gasteiger partial charge in [0.1, 0.15) is 0 Å². The summed E-state index contributed by atoms with van der Waals surface area (Å²) in [5, 5.41) is 11.7. The van der Waals surface area contributed by atoms with Gasteiger partial charge in [-0.15, -0.1) is 0 Å². The van der Waals surface area contributed by atoms with Gasteiger partial charge in [-0.05, 0) is 30.5 Å². The molecule has 0 aromatic heterocycles. The van der Waals surface area contributed by atoms with Crippen LogP contribution in [0, 0.1) is 17.2 Å². The molecule has 20 heavy (non-hydrogen) atoms. The van der Waals surface area contributed by atoms with Crippen LogP contribution < -0.4 is 11.1 Å². The van der Waals surface area contributed by atoms with E-state index in [2.05, 4.69) is 5.32 Å². The summed E-state index contributed by atoms with van der Waals surface area (Å²) in [4.78, 5) is 0. The Morgan fingerprint density at radius 1 is 1.35 bits per heavy atom. The molecule has 0 radical (unpaired) electrons. The Bertz CT molecular complexity index is 489. The molecule has 110 valence electrons. The molecule has 0 aliphatic heterocycles. The predicted octanol–water partition coefficient (Wildman–Crippen LogP) is 3.36. The summed E-state index contributed by atoms with van der Waals surface area (Å²) in [6.07, 6.45) is -3.78. The molecule has 3 N–H and O–H groups in total. The third-order valence-electron chi connectivity index (χ3n) is 2.86. The van der Waals surface area contributed by atoms with Crippen LogP contribution in [0.5, 0.6) is 0 Å². The third-order valence-corrected chi connectivity index (χ3v) is 2.86. The zero-order valence-corrected chi connectivity index (χ0v) is 11.5. The van der Waals surface area contributed by atoms with E-state index in [4.69, 9.17) is 11.0 Å². The van der Waals surface area contributed by atoms with Crippen molar-refractivity contribution in [1.29, 1.82) is 5.26 Å². The average molecular weight is 285 g/mol. The van der Waals surface area contributed by atoms with Crippen molar-refractivity contribution in [3.8, 4) is 6.07 Å². The summed E-state index contributed by atoms with van der Waals surface area (Å²) >= 11 is 0. The minimum atomic E-state index is -4.54. The smallest absolute Gasteiger partial charge is 0.381 e. The predicted molar refractivity (Wildman–Crippen MR) is 72.1 cm³/mol. The molecule has 1 atom stereocenters. The Kier molecular flexibility index (Phi) is 5.40. The molecule has 0 aliphatic rings. The molecule has 3 nitrogen and oxygen atoms in total. The molecule has 0 bridgehead atoms. The first-order chi connectivity index (χ1) is 9.27. The first-order valence-corrected chi connectivity index (χ1v) is 6.35. The van der Waals surface area contributed by atoms with E-state index in [-0.39, 0.29) is 11.6 Å². The average Bonchev–Trinajstić information content (AvgIpc) is 2.36. The number of nitrogens with two attached hydrogens (primary N) is 1. The number of nitrogens with zero attached hydrogens (tertiary/aromatic N) is 1. The Morgan fingerprint density at radius 3 is 2.45 bits per heavy atom. The molecule has 1 aromatic carbocycles. The monoisotopic (exact) mass is 285 g/mol. The van der Waals surface area contributed by atoms with Crippen LogP contribution in [0.3, 0.4) is 0 Å². The van der Waals surface area contributed by atoms with Crippen LogP contribution in [0.1, 0.15) is 31.4 Å². The minimum Gasteiger partial charge on any atom is -0.381 e. The van der Waals surface area contributed by atoms with Crippen LogP contribution in [0.15, 0.2) is 18.2 Å². The molecule has 0 fully saturated rings. The topological polar surface area (TPSA) is 61.8 Å². The van der Waals surface area contributed by atoms with Crippen LogP contribution in [-0.2, 0) is 6.18 Å². The summed E-state index contributed by atoms with van der Waals surface area (Å²) in [5.41, 5.74) is 4.63. The van der Waals surface area contributed by atoms with E-state index in [0.29, 0.717) is 18.2 Å². The van der Waals surface area contributed by atoms with Crippen molar-refractivity contribution < 1.29 is 13.2 Å². The highest BCUT2D eigenvalue weighted by Crippen LogP contribution is 2.33. The standard InChI is InChI=1S/C14H18F3N3/c1-9(2)5-12(8-19)20-11-4-3-10(7-18)13(6-11)14(15,16)17/h3-4,6,9,12,20H,5,8,19H2,1-2H3. The second-order valence-electron chi connectivity index (χ2n) is 5.08. The van der Waals surface area contributed by atoms with Gasteiger partial charge in [0.2, 0.25) is 0 Å². The number of nitriles is 1. The van der Waals surface area contributed by atoms with Crippen molar-refractivity contribution in [3.63, 3.8) is 0 Å². The summed E-state index contributed by atoms with van der Waals surface area (Å²) in [6, 6.07) is 5.07. The van der Waals surface area contributed by atoms with E-state index in [1.165, 1.54) is 12.1 Å². The molecule has 0 heterocycles. The Hall–Kier alpha value is -1.74. The van der Waals surface area contributed by atoms with E-state index >= 15 is 0 Å². The summed E-state index contributed by atoms with van der Waals surface area (Å²) < 4.78 is 38.5. The fourth-order valence-electron chi connectivity index (χ4n) is 1.98. The van der Waals surface area contributed by atoms with Gasteiger partial charge in [-0.1, -0.05) is 13.8 Å². The van der Waals surface area contributed by atoms with E-state index in [9.17, 15) is 13.2 Å². The van der Waals surface area contributed by atoms with Gasteiger partial charge in [0.05, 0.1) is 17.2 Å². The molecule has 0 saturated carbocycles. The summed E-state index contributed by atoms with van der Waals surface area (Å²) in [5.74, 6) is 0.386. The minimum absolute atomic E-state index is 0.0935. The van der Waals surface area contributed by atoms with Gasteiger partial charge in [-0.2, -0.15) is 18.4 Å². The fraction of sp³-hybridized carbons (Fsp3) is 0.500. The largest absolute Gasteiger partial charge is 0.417 e. The zero-order valence-electron chi connectivity index (χ0n) is 11.5. The number of anilines is 1. The number of benzene rings is 1. The highest BCUT2D eigenvalue weighted by molar-refractivity contribution is 5.53. The molecule has 1 unspecified atom stereocenters. The third kappa shape index (κ3) is 4.42. The zero-order chi connectivity index (χ0) is 15.3. The van der Waals surface area contributed by atoms with Crippen LogP contribution in [-0.4, -0.2) is 12.6 Å². The van der Waals surface area contributed by atoms with Crippen LogP contribution in [0.2, 0.25) is 0 Å². The maximum Gasteiger partial charge on any atom is 0.417 e. The van der Waals surface area contributed by atoms with Crippen molar-refractivity contribution in [1.82, 2.24) is 0 Å². The van der Waals surface area contributed by atoms with Crippen molar-refractivity contribution >= 4 is 5.69 Å². The molecule has 0 aliphatic carbocycles. The molecule has 1 rings (SSSR count). The van der Waals surface area contributed by atoms with Crippen LogP contribution in [0.25, 0.3) is 0 Å². The first-order valence-electron chi connectivity index (χ1n) is 6.35. The Morgan fingerprint density at radius 2 is 2.00 bits per heavy atom. The maximum atomic E-state index is 12.8. The van der Waals surface area contributed by atoms with Crippen molar-refractivity contribution in [3.05, 3.63) is 29.3 Å². The Balaban J connectivity index is 3.01. The lowest BCUT2D eigenvalue weighted by Crippen LogP contribution is -2.30. The molecule has 6 heteroatoms. The fourth-order valence-corrected chi connectivity index (χ4v) is 1.98. The number of hydrogen-bond acceptors (Lipinski definition) is 3. The van der Waals surface area contributed by atoms with E-state index in [1.54, 1.807) is 6.07 Å². The molecular formula is C14H18F3N3. The highest BCUT2D eigenvalue weighted by atomic mass is 19.4. The molecular weight excluding hydrogens is 267 g/mol. The second kappa shape index (κ2) is 6.62. The van der Waals surface area contributed by atoms with E-state index in [0.717, 1.165) is 12.5 Å². The van der Waals surface area contributed by atoms with Gasteiger partial charge in [-0.25, -0.2) is 0 Å². The van der Waals surface area contributed by atoms with Gasteiger partial charge in [0, 0.05) is 18.3 Å². The summed E-state index contributed by atoms with van der Waals surface area (Å²) in [7, 11) is 0. The lowest BCUT2D eigenvalue weighted by Gasteiger charge is -2.21. The summed E-state index contributed by atoms with van der Waals surface area (Å²) in [6.45, 7) is 4.37. The van der Waals surface area contributed by atoms with Crippen molar-refractivity contribution in [2.45, 2.75) is 32.5 Å². The van der Waals surface area contributed by atoms with Gasteiger partial charge >= 0.3 is 6.18 Å². The van der Waals surface area contributed by atoms with Gasteiger partial charge in [0.15, 0.2) is 0 Å². The van der Waals surface area contributed by atoms with Crippen LogP contribution in [0.4, 0.5) is 18.9 Å². The SMILES string of the molecule is CC(C)CC(CN)Nc1ccc(C#N)c(C(F)(F)F)c1. The quantitative estimate of drug-likeness (QED) is 0.872. The number of alkyl halides is 3. The number of rotatable bonds is 5. The molecule has 1 aromatic rings. The first kappa shape index (κ1) is 16.3. The van der Waals surface area contributed by atoms with Gasteiger partial charge in [0.25, 0.3) is 0 Å². The number of halogens is 3. The molecule has 0 amide bonds. The molecule has 0 spiro atoms. The number of hydrogen-bond donors (Lipinski definition) is 2. The molecule has 0 saturated heterocycles. The van der Waals surface area contributed by atoms with Gasteiger partial charge < -0.3 is 11.1 Å². The maximum absolute atomic E-state index is 12.8. The highest BCUT2D eigenvalue weighted by Gasteiger charge is 2.33. The second-order valence-corrected chi connectivity index (χ2v) is 5.08. The van der Waals surface area contributed by atoms with Crippen LogP contribution >= 0.6 is 0 Å². The van der Waals surface area contributed by atoms with Crippen molar-refractivity contribution in [2.75, 3.05) is 11.9 Å². The normalized spacial score (nSPS) is 13.1. The lowest BCUT2D eigenvalue weighted by atomic mass is 10.0. The number of nitrogens with one attached hydrogen (secondary N) is 1. The Labute approximate surface area is 116 Å². The van der Waals surface area contributed by atoms with E-state index in [1.807, 2.05) is 13.8 Å². The van der Waals surface area contributed by atoms with Crippen molar-refractivity contribution in [2.24, 2.45) is 11.7 Å².